The molecule has 3 atom stereocenters. The molecule has 0 aliphatic carbocycles. The summed E-state index contributed by atoms with van der Waals surface area (Å²) < 4.78 is 0. The molecule has 1 aromatic rings. The topological polar surface area (TPSA) is 51.0 Å². The maximum Gasteiger partial charge on any atom is 0.154 e. The van der Waals surface area contributed by atoms with E-state index < -0.39 is 0 Å². The van der Waals surface area contributed by atoms with Crippen molar-refractivity contribution in [2.24, 2.45) is 5.92 Å². The van der Waals surface area contributed by atoms with Crippen molar-refractivity contribution in [2.45, 2.75) is 51.7 Å². The minimum absolute atomic E-state index is 0.0462. The fourth-order valence-electron chi connectivity index (χ4n) is 2.71. The first-order valence-corrected chi connectivity index (χ1v) is 7.68. The van der Waals surface area contributed by atoms with Gasteiger partial charge in [-0.2, -0.15) is 0 Å². The molecular weight excluding hydrogens is 248 g/mol. The molecule has 0 saturated carbocycles. The largest absolute Gasteiger partial charge is 0.307 e. The van der Waals surface area contributed by atoms with Crippen LogP contribution in [-0.2, 0) is 11.2 Å². The molecule has 20 heavy (non-hydrogen) atoms. The van der Waals surface area contributed by atoms with Gasteiger partial charge in [0.05, 0.1) is 6.04 Å². The highest BCUT2D eigenvalue weighted by molar-refractivity contribution is 5.86. The summed E-state index contributed by atoms with van der Waals surface area (Å²) in [5, 5.41) is 6.88. The second-order valence-corrected chi connectivity index (χ2v) is 6.05. The van der Waals surface area contributed by atoms with Crippen LogP contribution in [0.25, 0.3) is 0 Å². The molecule has 110 valence electrons. The lowest BCUT2D eigenvalue weighted by molar-refractivity contribution is -0.121. The van der Waals surface area contributed by atoms with Crippen molar-refractivity contribution in [3.8, 4) is 0 Å². The highest BCUT2D eigenvalue weighted by atomic mass is 16.1. The van der Waals surface area contributed by atoms with Gasteiger partial charge in [-0.05, 0) is 17.9 Å². The maximum absolute atomic E-state index is 12.5. The lowest BCUT2D eigenvalue weighted by Gasteiger charge is -2.21. The molecule has 0 unspecified atom stereocenters. The molecule has 3 heteroatoms. The Labute approximate surface area is 122 Å². The van der Waals surface area contributed by atoms with Gasteiger partial charge in [-0.3, -0.25) is 4.79 Å². The number of Topliss-reactive ketones (excluding diaryl/α,β-unsaturated/α-hetero) is 1. The van der Waals surface area contributed by atoms with Gasteiger partial charge in [0.2, 0.25) is 0 Å². The summed E-state index contributed by atoms with van der Waals surface area (Å²) in [7, 11) is 0. The number of nitrogens with one attached hydrogen (secondary N) is 2. The lowest BCUT2D eigenvalue weighted by atomic mass is 9.95. The normalized spacial score (nSPS) is 22.8. The van der Waals surface area contributed by atoms with E-state index in [1.165, 1.54) is 0 Å². The van der Waals surface area contributed by atoms with Crippen LogP contribution in [0.3, 0.4) is 0 Å². The number of ketones is 1. The average Bonchev–Trinajstić information content (AvgIpc) is 3.18. The van der Waals surface area contributed by atoms with Gasteiger partial charge in [0.1, 0.15) is 0 Å². The van der Waals surface area contributed by atoms with Crippen LogP contribution in [0.15, 0.2) is 30.3 Å². The first-order chi connectivity index (χ1) is 9.61. The molecule has 2 rings (SSSR count). The molecule has 0 spiro atoms. The Balaban J connectivity index is 1.86. The number of benzene rings is 1. The lowest BCUT2D eigenvalue weighted by Crippen LogP contribution is -2.44. The average molecular weight is 274 g/mol. The van der Waals surface area contributed by atoms with Crippen molar-refractivity contribution in [2.75, 3.05) is 6.54 Å². The zero-order valence-corrected chi connectivity index (χ0v) is 12.7. The minimum atomic E-state index is -0.0462. The fraction of sp³-hybridized carbons (Fsp3) is 0.588. The summed E-state index contributed by atoms with van der Waals surface area (Å²) in [5.41, 5.74) is 1.10. The van der Waals surface area contributed by atoms with Crippen LogP contribution in [0.4, 0.5) is 0 Å². The number of carbonyl (C=O) groups excluding carboxylic acids is 1. The van der Waals surface area contributed by atoms with Gasteiger partial charge in [0, 0.05) is 25.0 Å². The van der Waals surface area contributed by atoms with Crippen LogP contribution in [0, 0.1) is 5.92 Å². The summed E-state index contributed by atoms with van der Waals surface area (Å²) >= 11 is 0. The molecule has 0 amide bonds. The molecule has 1 aromatic carbocycles. The van der Waals surface area contributed by atoms with Crippen LogP contribution >= 0.6 is 0 Å². The van der Waals surface area contributed by atoms with Gasteiger partial charge in [0.15, 0.2) is 5.78 Å². The van der Waals surface area contributed by atoms with E-state index in [4.69, 9.17) is 0 Å². The standard InChI is InChI=1S/C17H26N2O/c1-4-14-15(19-14)11-18-17(12(2)3)16(20)10-13-8-6-5-7-9-13/h5-9,12,14-15,17-19H,4,10-11H2,1-3H3/t14-,15-,17-/m1/s1. The minimum Gasteiger partial charge on any atom is -0.307 e. The third-order valence-corrected chi connectivity index (χ3v) is 4.04. The van der Waals surface area contributed by atoms with Gasteiger partial charge < -0.3 is 10.6 Å². The van der Waals surface area contributed by atoms with Crippen LogP contribution in [0.2, 0.25) is 0 Å². The SMILES string of the molecule is CC[C@H]1N[C@@H]1CN[C@@H](C(=O)Cc1ccccc1)C(C)C. The molecule has 3 nitrogen and oxygen atoms in total. The molecular formula is C17H26N2O. The Morgan fingerprint density at radius 2 is 1.95 bits per heavy atom. The van der Waals surface area contributed by atoms with Gasteiger partial charge in [-0.1, -0.05) is 51.1 Å². The van der Waals surface area contributed by atoms with E-state index in [1.807, 2.05) is 30.3 Å². The van der Waals surface area contributed by atoms with Gasteiger partial charge in [-0.15, -0.1) is 0 Å². The number of carbonyl (C=O) groups is 1. The zero-order valence-electron chi connectivity index (χ0n) is 12.7. The molecule has 1 heterocycles. The van der Waals surface area contributed by atoms with Crippen molar-refractivity contribution >= 4 is 5.78 Å². The molecule has 0 aromatic heterocycles. The monoisotopic (exact) mass is 274 g/mol. The first-order valence-electron chi connectivity index (χ1n) is 7.68. The highest BCUT2D eigenvalue weighted by Crippen LogP contribution is 2.14. The third kappa shape index (κ3) is 4.15. The summed E-state index contributed by atoms with van der Waals surface area (Å²) in [6, 6.07) is 11.1. The van der Waals surface area contributed by atoms with Crippen LogP contribution in [0.1, 0.15) is 32.8 Å². The first kappa shape index (κ1) is 15.2. The van der Waals surface area contributed by atoms with E-state index in [0.29, 0.717) is 30.2 Å². The Hall–Kier alpha value is -1.19. The molecule has 2 N–H and O–H groups in total. The molecule has 0 radical (unpaired) electrons. The smallest absolute Gasteiger partial charge is 0.154 e. The number of hydrogen-bond acceptors (Lipinski definition) is 3. The van der Waals surface area contributed by atoms with Gasteiger partial charge in [0.25, 0.3) is 0 Å². The van der Waals surface area contributed by atoms with E-state index in [0.717, 1.165) is 18.5 Å². The maximum atomic E-state index is 12.5. The summed E-state index contributed by atoms with van der Waals surface area (Å²) in [5.74, 6) is 0.616. The van der Waals surface area contributed by atoms with E-state index in [2.05, 4.69) is 31.4 Å². The Bertz CT molecular complexity index is 430. The van der Waals surface area contributed by atoms with Crippen LogP contribution < -0.4 is 10.6 Å². The van der Waals surface area contributed by atoms with E-state index in [-0.39, 0.29) is 6.04 Å². The van der Waals surface area contributed by atoms with Crippen molar-refractivity contribution in [1.29, 1.82) is 0 Å². The fourth-order valence-corrected chi connectivity index (χ4v) is 2.71. The van der Waals surface area contributed by atoms with Crippen molar-refractivity contribution in [3.63, 3.8) is 0 Å². The Kier molecular flexibility index (Phi) is 5.32. The van der Waals surface area contributed by atoms with E-state index in [9.17, 15) is 4.79 Å². The molecule has 1 fully saturated rings. The van der Waals surface area contributed by atoms with Gasteiger partial charge >= 0.3 is 0 Å². The van der Waals surface area contributed by atoms with Crippen molar-refractivity contribution < 1.29 is 4.79 Å². The molecule has 1 saturated heterocycles. The molecule has 1 aliphatic heterocycles. The summed E-state index contributed by atoms with van der Waals surface area (Å²) in [6.07, 6.45) is 1.68. The van der Waals surface area contributed by atoms with Crippen molar-refractivity contribution in [1.82, 2.24) is 10.6 Å². The number of rotatable bonds is 8. The number of hydrogen-bond donors (Lipinski definition) is 2. The highest BCUT2D eigenvalue weighted by Gasteiger charge is 2.35. The summed E-state index contributed by atoms with van der Waals surface area (Å²) in [4.78, 5) is 12.5. The summed E-state index contributed by atoms with van der Waals surface area (Å²) in [6.45, 7) is 7.30. The van der Waals surface area contributed by atoms with Crippen LogP contribution in [-0.4, -0.2) is 30.5 Å². The Morgan fingerprint density at radius 3 is 2.50 bits per heavy atom. The van der Waals surface area contributed by atoms with E-state index >= 15 is 0 Å². The molecule has 1 aliphatic rings. The second kappa shape index (κ2) is 7.00. The van der Waals surface area contributed by atoms with E-state index in [1.54, 1.807) is 0 Å². The quantitative estimate of drug-likeness (QED) is 0.714. The third-order valence-electron chi connectivity index (χ3n) is 4.04. The predicted molar refractivity (Wildman–Crippen MR) is 82.8 cm³/mol. The zero-order chi connectivity index (χ0) is 14.5. The van der Waals surface area contributed by atoms with Crippen LogP contribution in [0.5, 0.6) is 0 Å². The van der Waals surface area contributed by atoms with Gasteiger partial charge in [-0.25, -0.2) is 0 Å². The predicted octanol–water partition coefficient (Wildman–Crippen LogP) is 2.16. The van der Waals surface area contributed by atoms with Crippen molar-refractivity contribution in [3.05, 3.63) is 35.9 Å². The Morgan fingerprint density at radius 1 is 1.25 bits per heavy atom. The molecule has 0 bridgehead atoms. The second-order valence-electron chi connectivity index (χ2n) is 6.05.